The highest BCUT2D eigenvalue weighted by atomic mass is 15.1. The number of nitrogens with one attached hydrogen (secondary N) is 2. The Hall–Kier alpha value is -1.16. The topological polar surface area (TPSA) is 49.8 Å². The van der Waals surface area contributed by atoms with Crippen LogP contribution in [0.2, 0.25) is 0 Å². The number of aromatic nitrogens is 2. The molecule has 1 aromatic heterocycles. The number of hydrogen-bond donors (Lipinski definition) is 2. The molecule has 0 bridgehead atoms. The maximum atomic E-state index is 4.41. The smallest absolute Gasteiger partial charge is 0.145 e. The monoisotopic (exact) mass is 194 g/mol. The predicted molar refractivity (Wildman–Crippen MR) is 58.2 cm³/mol. The average molecular weight is 194 g/mol. The number of anilines is 1. The molecule has 4 heteroatoms. The van der Waals surface area contributed by atoms with Crippen LogP contribution in [0.5, 0.6) is 0 Å². The minimum absolute atomic E-state index is 0.0208. The summed E-state index contributed by atoms with van der Waals surface area (Å²) < 4.78 is 0. The zero-order valence-corrected chi connectivity index (χ0v) is 9.26. The van der Waals surface area contributed by atoms with Crippen LogP contribution in [0.25, 0.3) is 0 Å². The van der Waals surface area contributed by atoms with Crippen molar-refractivity contribution in [1.82, 2.24) is 15.3 Å². The van der Waals surface area contributed by atoms with Crippen LogP contribution in [0.1, 0.15) is 26.5 Å². The minimum atomic E-state index is 0.0208. The van der Waals surface area contributed by atoms with Gasteiger partial charge < -0.3 is 10.6 Å². The average Bonchev–Trinajstić information content (AvgIpc) is 2.02. The Kier molecular flexibility index (Phi) is 3.41. The SMILES string of the molecule is CNCc1cncc(NC(C)(C)C)n1. The highest BCUT2D eigenvalue weighted by molar-refractivity contribution is 5.34. The molecule has 0 saturated heterocycles. The van der Waals surface area contributed by atoms with Crippen LogP contribution in [-0.2, 0) is 6.54 Å². The largest absolute Gasteiger partial charge is 0.364 e. The van der Waals surface area contributed by atoms with Crippen molar-refractivity contribution in [2.24, 2.45) is 0 Å². The molecule has 78 valence electrons. The third kappa shape index (κ3) is 3.70. The molecule has 14 heavy (non-hydrogen) atoms. The highest BCUT2D eigenvalue weighted by Crippen LogP contribution is 2.10. The van der Waals surface area contributed by atoms with Crippen LogP contribution < -0.4 is 10.6 Å². The molecule has 0 aliphatic heterocycles. The Bertz CT molecular complexity index is 290. The molecule has 0 spiro atoms. The van der Waals surface area contributed by atoms with E-state index in [2.05, 4.69) is 41.4 Å². The van der Waals surface area contributed by atoms with Gasteiger partial charge in [0.1, 0.15) is 5.82 Å². The Morgan fingerprint density at radius 3 is 2.57 bits per heavy atom. The summed E-state index contributed by atoms with van der Waals surface area (Å²) in [6, 6.07) is 0. The van der Waals surface area contributed by atoms with E-state index in [4.69, 9.17) is 0 Å². The van der Waals surface area contributed by atoms with Gasteiger partial charge in [-0.25, -0.2) is 4.98 Å². The van der Waals surface area contributed by atoms with Crippen molar-refractivity contribution < 1.29 is 0 Å². The molecule has 0 saturated carbocycles. The van der Waals surface area contributed by atoms with E-state index in [1.165, 1.54) is 0 Å². The molecule has 2 N–H and O–H groups in total. The fraction of sp³-hybridized carbons (Fsp3) is 0.600. The molecule has 0 amide bonds. The van der Waals surface area contributed by atoms with Crippen molar-refractivity contribution in [3.05, 3.63) is 18.1 Å². The normalized spacial score (nSPS) is 11.4. The number of nitrogens with zero attached hydrogens (tertiary/aromatic N) is 2. The summed E-state index contributed by atoms with van der Waals surface area (Å²) in [5.74, 6) is 0.824. The summed E-state index contributed by atoms with van der Waals surface area (Å²) in [5, 5.41) is 6.32. The van der Waals surface area contributed by atoms with Crippen molar-refractivity contribution in [2.75, 3.05) is 12.4 Å². The maximum Gasteiger partial charge on any atom is 0.145 e. The molecule has 1 heterocycles. The molecule has 0 fully saturated rings. The van der Waals surface area contributed by atoms with Gasteiger partial charge in [0.25, 0.3) is 0 Å². The standard InChI is InChI=1S/C10H18N4/c1-10(2,3)14-9-7-12-6-8(13-9)5-11-4/h6-7,11H,5H2,1-4H3,(H,13,14). The summed E-state index contributed by atoms with van der Waals surface area (Å²) in [7, 11) is 1.89. The predicted octanol–water partition coefficient (Wildman–Crippen LogP) is 1.41. The van der Waals surface area contributed by atoms with Crippen LogP contribution in [0.15, 0.2) is 12.4 Å². The molecule has 4 nitrogen and oxygen atoms in total. The molecular formula is C10H18N4. The Morgan fingerprint density at radius 1 is 1.29 bits per heavy atom. The van der Waals surface area contributed by atoms with E-state index >= 15 is 0 Å². The Balaban J connectivity index is 2.73. The van der Waals surface area contributed by atoms with Crippen LogP contribution in [0, 0.1) is 0 Å². The fourth-order valence-electron chi connectivity index (χ4n) is 1.12. The number of hydrogen-bond acceptors (Lipinski definition) is 4. The van der Waals surface area contributed by atoms with Crippen LogP contribution in [0.3, 0.4) is 0 Å². The van der Waals surface area contributed by atoms with Crippen molar-refractivity contribution in [3.63, 3.8) is 0 Å². The van der Waals surface area contributed by atoms with Crippen LogP contribution in [-0.4, -0.2) is 22.6 Å². The van der Waals surface area contributed by atoms with E-state index in [-0.39, 0.29) is 5.54 Å². The number of rotatable bonds is 3. The van der Waals surface area contributed by atoms with Gasteiger partial charge in [0.2, 0.25) is 0 Å². The van der Waals surface area contributed by atoms with Crippen LogP contribution >= 0.6 is 0 Å². The quantitative estimate of drug-likeness (QED) is 0.763. The second-order valence-electron chi connectivity index (χ2n) is 4.30. The van der Waals surface area contributed by atoms with Gasteiger partial charge in [-0.2, -0.15) is 0 Å². The van der Waals surface area contributed by atoms with Gasteiger partial charge in [0.15, 0.2) is 0 Å². The van der Waals surface area contributed by atoms with Gasteiger partial charge in [-0.15, -0.1) is 0 Å². The molecule has 0 radical (unpaired) electrons. The molecule has 0 unspecified atom stereocenters. The summed E-state index contributed by atoms with van der Waals surface area (Å²) in [4.78, 5) is 8.53. The van der Waals surface area contributed by atoms with Gasteiger partial charge in [0, 0.05) is 18.3 Å². The Labute approximate surface area is 85.2 Å². The summed E-state index contributed by atoms with van der Waals surface area (Å²) >= 11 is 0. The first-order chi connectivity index (χ1) is 6.51. The molecule has 1 aromatic rings. The van der Waals surface area contributed by atoms with E-state index in [1.807, 2.05) is 7.05 Å². The zero-order valence-electron chi connectivity index (χ0n) is 9.26. The molecule has 0 aromatic carbocycles. The van der Waals surface area contributed by atoms with Crippen molar-refractivity contribution in [1.29, 1.82) is 0 Å². The lowest BCUT2D eigenvalue weighted by Gasteiger charge is -2.21. The van der Waals surface area contributed by atoms with Crippen molar-refractivity contribution in [3.8, 4) is 0 Å². The first-order valence-electron chi connectivity index (χ1n) is 4.75. The molecule has 1 rings (SSSR count). The third-order valence-corrected chi connectivity index (χ3v) is 1.55. The lowest BCUT2D eigenvalue weighted by Crippen LogP contribution is -2.27. The zero-order chi connectivity index (χ0) is 10.6. The molecular weight excluding hydrogens is 176 g/mol. The van der Waals surface area contributed by atoms with Crippen molar-refractivity contribution >= 4 is 5.82 Å². The van der Waals surface area contributed by atoms with E-state index in [9.17, 15) is 0 Å². The molecule has 0 aliphatic rings. The highest BCUT2D eigenvalue weighted by Gasteiger charge is 2.10. The second kappa shape index (κ2) is 4.37. The maximum absolute atomic E-state index is 4.41. The third-order valence-electron chi connectivity index (χ3n) is 1.55. The van der Waals surface area contributed by atoms with E-state index in [0.717, 1.165) is 18.1 Å². The van der Waals surface area contributed by atoms with Gasteiger partial charge >= 0.3 is 0 Å². The van der Waals surface area contributed by atoms with Gasteiger partial charge in [0.05, 0.1) is 11.9 Å². The van der Waals surface area contributed by atoms with Crippen LogP contribution in [0.4, 0.5) is 5.82 Å². The van der Waals surface area contributed by atoms with Gasteiger partial charge in [-0.3, -0.25) is 4.98 Å². The Morgan fingerprint density at radius 2 is 2.00 bits per heavy atom. The fourth-order valence-corrected chi connectivity index (χ4v) is 1.12. The first-order valence-corrected chi connectivity index (χ1v) is 4.75. The van der Waals surface area contributed by atoms with Gasteiger partial charge in [-0.05, 0) is 27.8 Å². The van der Waals surface area contributed by atoms with E-state index in [0.29, 0.717) is 0 Å². The summed E-state index contributed by atoms with van der Waals surface area (Å²) in [6.45, 7) is 7.03. The molecule has 0 atom stereocenters. The minimum Gasteiger partial charge on any atom is -0.364 e. The van der Waals surface area contributed by atoms with E-state index in [1.54, 1.807) is 12.4 Å². The van der Waals surface area contributed by atoms with E-state index < -0.39 is 0 Å². The first kappa shape index (κ1) is 10.9. The lowest BCUT2D eigenvalue weighted by atomic mass is 10.1. The molecule has 0 aliphatic carbocycles. The summed E-state index contributed by atoms with van der Waals surface area (Å²) in [6.07, 6.45) is 3.51. The van der Waals surface area contributed by atoms with Gasteiger partial charge in [-0.1, -0.05) is 0 Å². The van der Waals surface area contributed by atoms with Crippen molar-refractivity contribution in [2.45, 2.75) is 32.9 Å². The lowest BCUT2D eigenvalue weighted by molar-refractivity contribution is 0.628. The summed E-state index contributed by atoms with van der Waals surface area (Å²) in [5.41, 5.74) is 0.967. The second-order valence-corrected chi connectivity index (χ2v) is 4.30.